The standard InChI is InChI=1S/C9H16S/c1-4-9(2)7-5-6-8-10-3/h1,9H,5-8H2,2-3H3. The third kappa shape index (κ3) is 6.04. The third-order valence-electron chi connectivity index (χ3n) is 1.52. The minimum absolute atomic E-state index is 0.474. The predicted octanol–water partition coefficient (Wildman–Crippen LogP) is 2.79. The fourth-order valence-corrected chi connectivity index (χ4v) is 1.27. The van der Waals surface area contributed by atoms with Crippen molar-refractivity contribution < 1.29 is 0 Å². The van der Waals surface area contributed by atoms with Gasteiger partial charge in [-0.05, 0) is 24.9 Å². The van der Waals surface area contributed by atoms with E-state index in [1.807, 2.05) is 11.8 Å². The Hall–Kier alpha value is -0.0900. The van der Waals surface area contributed by atoms with Crippen molar-refractivity contribution in [3.05, 3.63) is 0 Å². The number of terminal acetylenes is 1. The summed E-state index contributed by atoms with van der Waals surface area (Å²) < 4.78 is 0. The first-order chi connectivity index (χ1) is 4.81. The Morgan fingerprint density at radius 2 is 2.20 bits per heavy atom. The topological polar surface area (TPSA) is 0 Å². The van der Waals surface area contributed by atoms with E-state index in [4.69, 9.17) is 6.42 Å². The van der Waals surface area contributed by atoms with Crippen molar-refractivity contribution in [1.29, 1.82) is 0 Å². The van der Waals surface area contributed by atoms with Crippen LogP contribution in [-0.2, 0) is 0 Å². The minimum atomic E-state index is 0.474. The maximum atomic E-state index is 5.23. The van der Waals surface area contributed by atoms with Crippen LogP contribution in [-0.4, -0.2) is 12.0 Å². The van der Waals surface area contributed by atoms with Crippen molar-refractivity contribution in [2.45, 2.75) is 26.2 Å². The summed E-state index contributed by atoms with van der Waals surface area (Å²) >= 11 is 1.91. The first-order valence-corrected chi connectivity index (χ1v) is 5.15. The summed E-state index contributed by atoms with van der Waals surface area (Å²) in [5.74, 6) is 4.48. The van der Waals surface area contributed by atoms with E-state index in [2.05, 4.69) is 19.1 Å². The second kappa shape index (κ2) is 7.02. The number of unbranched alkanes of at least 4 members (excludes halogenated alkanes) is 1. The van der Waals surface area contributed by atoms with Crippen LogP contribution in [0.25, 0.3) is 0 Å². The van der Waals surface area contributed by atoms with Crippen LogP contribution in [0.4, 0.5) is 0 Å². The SMILES string of the molecule is C#CC(C)CCCCSC. The van der Waals surface area contributed by atoms with Crippen LogP contribution in [0, 0.1) is 18.3 Å². The van der Waals surface area contributed by atoms with Crippen molar-refractivity contribution in [3.63, 3.8) is 0 Å². The van der Waals surface area contributed by atoms with E-state index in [1.165, 1.54) is 25.0 Å². The van der Waals surface area contributed by atoms with E-state index in [9.17, 15) is 0 Å². The Morgan fingerprint density at radius 1 is 1.50 bits per heavy atom. The van der Waals surface area contributed by atoms with Gasteiger partial charge in [0, 0.05) is 5.92 Å². The Morgan fingerprint density at radius 3 is 2.70 bits per heavy atom. The van der Waals surface area contributed by atoms with Gasteiger partial charge in [-0.2, -0.15) is 11.8 Å². The fourth-order valence-electron chi connectivity index (χ4n) is 0.780. The molecule has 58 valence electrons. The number of thioether (sulfide) groups is 1. The van der Waals surface area contributed by atoms with Crippen LogP contribution in [0.5, 0.6) is 0 Å². The van der Waals surface area contributed by atoms with Crippen LogP contribution in [0.1, 0.15) is 26.2 Å². The van der Waals surface area contributed by atoms with E-state index in [0.717, 1.165) is 0 Å². The van der Waals surface area contributed by atoms with Gasteiger partial charge in [0.2, 0.25) is 0 Å². The average Bonchev–Trinajstić information content (AvgIpc) is 1.98. The van der Waals surface area contributed by atoms with Crippen LogP contribution in [0.2, 0.25) is 0 Å². The third-order valence-corrected chi connectivity index (χ3v) is 2.22. The van der Waals surface area contributed by atoms with E-state index in [1.54, 1.807) is 0 Å². The van der Waals surface area contributed by atoms with Gasteiger partial charge < -0.3 is 0 Å². The summed E-state index contributed by atoms with van der Waals surface area (Å²) in [6.45, 7) is 2.11. The zero-order chi connectivity index (χ0) is 7.82. The van der Waals surface area contributed by atoms with Gasteiger partial charge in [-0.3, -0.25) is 0 Å². The molecule has 0 aliphatic rings. The zero-order valence-corrected chi connectivity index (χ0v) is 7.71. The molecule has 1 atom stereocenters. The van der Waals surface area contributed by atoms with Gasteiger partial charge >= 0.3 is 0 Å². The quantitative estimate of drug-likeness (QED) is 0.435. The maximum absolute atomic E-state index is 5.23. The molecule has 0 saturated heterocycles. The molecule has 0 rings (SSSR count). The molecule has 0 nitrogen and oxygen atoms in total. The van der Waals surface area contributed by atoms with Gasteiger partial charge in [-0.15, -0.1) is 12.3 Å². The first-order valence-electron chi connectivity index (χ1n) is 3.76. The van der Waals surface area contributed by atoms with E-state index < -0.39 is 0 Å². The summed E-state index contributed by atoms with van der Waals surface area (Å²) in [6, 6.07) is 0. The molecule has 1 unspecified atom stereocenters. The fraction of sp³-hybridized carbons (Fsp3) is 0.778. The number of hydrogen-bond donors (Lipinski definition) is 0. The second-order valence-corrected chi connectivity index (χ2v) is 3.54. The average molecular weight is 156 g/mol. The minimum Gasteiger partial charge on any atom is -0.165 e. The molecule has 0 N–H and O–H groups in total. The van der Waals surface area contributed by atoms with Gasteiger partial charge in [0.25, 0.3) is 0 Å². The molecular formula is C9H16S. The molecule has 10 heavy (non-hydrogen) atoms. The first kappa shape index (κ1) is 9.91. The Bertz CT molecular complexity index is 102. The highest BCUT2D eigenvalue weighted by molar-refractivity contribution is 7.98. The second-order valence-electron chi connectivity index (χ2n) is 2.56. The lowest BCUT2D eigenvalue weighted by Crippen LogP contribution is -1.90. The molecule has 0 aromatic rings. The molecule has 0 aromatic carbocycles. The van der Waals surface area contributed by atoms with Crippen molar-refractivity contribution in [3.8, 4) is 12.3 Å². The molecule has 0 saturated carbocycles. The molecule has 0 aromatic heterocycles. The van der Waals surface area contributed by atoms with E-state index >= 15 is 0 Å². The van der Waals surface area contributed by atoms with Crippen LogP contribution in [0.3, 0.4) is 0 Å². The molecular weight excluding hydrogens is 140 g/mol. The number of rotatable bonds is 5. The van der Waals surface area contributed by atoms with Crippen LogP contribution >= 0.6 is 11.8 Å². The Balaban J connectivity index is 2.98. The number of hydrogen-bond acceptors (Lipinski definition) is 1. The highest BCUT2D eigenvalue weighted by Gasteiger charge is 1.94. The largest absolute Gasteiger partial charge is 0.165 e. The van der Waals surface area contributed by atoms with E-state index in [0.29, 0.717) is 5.92 Å². The smallest absolute Gasteiger partial charge is 0.0171 e. The van der Waals surface area contributed by atoms with Gasteiger partial charge in [0.15, 0.2) is 0 Å². The molecule has 0 fully saturated rings. The summed E-state index contributed by atoms with van der Waals surface area (Å²) in [6.07, 6.45) is 11.2. The highest BCUT2D eigenvalue weighted by atomic mass is 32.2. The lowest BCUT2D eigenvalue weighted by molar-refractivity contribution is 0.617. The lowest BCUT2D eigenvalue weighted by Gasteiger charge is -2.01. The van der Waals surface area contributed by atoms with Gasteiger partial charge in [-0.25, -0.2) is 0 Å². The zero-order valence-electron chi connectivity index (χ0n) is 6.89. The molecule has 0 aliphatic carbocycles. The van der Waals surface area contributed by atoms with Crippen LogP contribution < -0.4 is 0 Å². The molecule has 1 heteroatoms. The molecule has 0 heterocycles. The lowest BCUT2D eigenvalue weighted by atomic mass is 10.1. The van der Waals surface area contributed by atoms with Crippen LogP contribution in [0.15, 0.2) is 0 Å². The molecule has 0 amide bonds. The van der Waals surface area contributed by atoms with Crippen molar-refractivity contribution in [2.24, 2.45) is 5.92 Å². The van der Waals surface area contributed by atoms with Gasteiger partial charge in [0.1, 0.15) is 0 Å². The van der Waals surface area contributed by atoms with Crippen molar-refractivity contribution in [1.82, 2.24) is 0 Å². The monoisotopic (exact) mass is 156 g/mol. The van der Waals surface area contributed by atoms with E-state index in [-0.39, 0.29) is 0 Å². The summed E-state index contributed by atoms with van der Waals surface area (Å²) in [5.41, 5.74) is 0. The summed E-state index contributed by atoms with van der Waals surface area (Å²) in [5, 5.41) is 0. The maximum Gasteiger partial charge on any atom is 0.0171 e. The molecule has 0 radical (unpaired) electrons. The van der Waals surface area contributed by atoms with Gasteiger partial charge in [0.05, 0.1) is 0 Å². The molecule has 0 spiro atoms. The highest BCUT2D eigenvalue weighted by Crippen LogP contribution is 2.08. The molecule has 0 aliphatic heterocycles. The van der Waals surface area contributed by atoms with Crippen molar-refractivity contribution in [2.75, 3.05) is 12.0 Å². The normalized spacial score (nSPS) is 12.5. The Labute approximate surface area is 68.8 Å². The molecule has 0 bridgehead atoms. The summed E-state index contributed by atoms with van der Waals surface area (Å²) in [7, 11) is 0. The van der Waals surface area contributed by atoms with Crippen molar-refractivity contribution >= 4 is 11.8 Å². The Kier molecular flexibility index (Phi) is 6.96. The predicted molar refractivity (Wildman–Crippen MR) is 50.2 cm³/mol. The summed E-state index contributed by atoms with van der Waals surface area (Å²) in [4.78, 5) is 0. The van der Waals surface area contributed by atoms with Gasteiger partial charge in [-0.1, -0.05) is 13.3 Å².